The largest absolute Gasteiger partial charge is 0.462 e. The van der Waals surface area contributed by atoms with Gasteiger partial charge in [-0.05, 0) is 51.4 Å². The molecule has 1 unspecified atom stereocenters. The van der Waals surface area contributed by atoms with E-state index in [1.807, 2.05) is 0 Å². The Bertz CT molecular complexity index is 1190. The third-order valence-corrected chi connectivity index (χ3v) is 15.2. The van der Waals surface area contributed by atoms with E-state index in [1.54, 1.807) is 0 Å². The fraction of sp³-hybridized carbons (Fsp3) is 0.897. The van der Waals surface area contributed by atoms with Crippen LogP contribution in [0.4, 0.5) is 0 Å². The number of rotatable bonds is 62. The molecule has 1 atom stereocenters. The van der Waals surface area contributed by atoms with Gasteiger partial charge in [-0.1, -0.05) is 328 Å². The molecule has 0 amide bonds. The molecule has 0 rings (SSSR count). The fourth-order valence-corrected chi connectivity index (χ4v) is 10.2. The lowest BCUT2D eigenvalue weighted by atomic mass is 10.0. The summed E-state index contributed by atoms with van der Waals surface area (Å²) in [4.78, 5) is 37.9. The molecule has 436 valence electrons. The zero-order valence-electron chi connectivity index (χ0n) is 50.1. The fourth-order valence-electron chi connectivity index (χ4n) is 10.2. The molecule has 0 aromatic rings. The van der Waals surface area contributed by atoms with Crippen molar-refractivity contribution >= 4 is 17.9 Å². The minimum Gasteiger partial charge on any atom is -0.462 e. The maximum Gasteiger partial charge on any atom is 0.306 e. The predicted molar refractivity (Wildman–Crippen MR) is 321 cm³/mol. The Kier molecular flexibility index (Phi) is 61.6. The van der Waals surface area contributed by atoms with E-state index in [4.69, 9.17) is 14.2 Å². The molecule has 0 heterocycles. The highest BCUT2D eigenvalue weighted by Gasteiger charge is 2.19. The van der Waals surface area contributed by atoms with Gasteiger partial charge >= 0.3 is 17.9 Å². The van der Waals surface area contributed by atoms with E-state index in [1.165, 1.54) is 257 Å². The summed E-state index contributed by atoms with van der Waals surface area (Å²) in [5, 5.41) is 0. The first-order chi connectivity index (χ1) is 36.5. The van der Waals surface area contributed by atoms with Crippen LogP contribution in [0.2, 0.25) is 0 Å². The molecule has 0 aliphatic rings. The van der Waals surface area contributed by atoms with Gasteiger partial charge in [0.15, 0.2) is 6.10 Å². The van der Waals surface area contributed by atoms with E-state index >= 15 is 0 Å². The maximum atomic E-state index is 12.8. The Morgan fingerprint density at radius 3 is 0.770 bits per heavy atom. The SMILES string of the molecule is CCCCC/C=C\C/C=C\CCCCCCCCCC(=O)OC(COC(=O)CCCCCCC)COC(=O)CCCCCCCCCCCCCCCCCCCCCCCCCCCCCCCCCCCC. The second-order valence-electron chi connectivity index (χ2n) is 22.7. The molecule has 0 radical (unpaired) electrons. The Morgan fingerprint density at radius 1 is 0.270 bits per heavy atom. The van der Waals surface area contributed by atoms with Gasteiger partial charge in [-0.25, -0.2) is 0 Å². The smallest absolute Gasteiger partial charge is 0.306 e. The summed E-state index contributed by atoms with van der Waals surface area (Å²) in [7, 11) is 0. The van der Waals surface area contributed by atoms with E-state index in [0.717, 1.165) is 77.0 Å². The molecule has 0 aliphatic carbocycles. The predicted octanol–water partition coefficient (Wildman–Crippen LogP) is 22.6. The summed E-state index contributed by atoms with van der Waals surface area (Å²) in [5.74, 6) is -0.872. The lowest BCUT2D eigenvalue weighted by Crippen LogP contribution is -2.30. The molecule has 0 spiro atoms. The van der Waals surface area contributed by atoms with Crippen LogP contribution in [0.25, 0.3) is 0 Å². The van der Waals surface area contributed by atoms with Gasteiger partial charge in [0.1, 0.15) is 13.2 Å². The van der Waals surface area contributed by atoms with Crippen molar-refractivity contribution in [1.29, 1.82) is 0 Å². The number of hydrogen-bond acceptors (Lipinski definition) is 6. The van der Waals surface area contributed by atoms with E-state index in [0.29, 0.717) is 19.3 Å². The molecule has 6 nitrogen and oxygen atoms in total. The Morgan fingerprint density at radius 2 is 0.486 bits per heavy atom. The van der Waals surface area contributed by atoms with Crippen molar-refractivity contribution in [2.24, 2.45) is 0 Å². The van der Waals surface area contributed by atoms with Gasteiger partial charge in [-0.2, -0.15) is 0 Å². The van der Waals surface area contributed by atoms with Gasteiger partial charge < -0.3 is 14.2 Å². The molecule has 74 heavy (non-hydrogen) atoms. The summed E-state index contributed by atoms with van der Waals surface area (Å²) in [5.41, 5.74) is 0. The molecule has 0 N–H and O–H groups in total. The van der Waals surface area contributed by atoms with Crippen molar-refractivity contribution in [2.75, 3.05) is 13.2 Å². The highest BCUT2D eigenvalue weighted by Crippen LogP contribution is 2.19. The maximum absolute atomic E-state index is 12.8. The number of hydrogen-bond donors (Lipinski definition) is 0. The van der Waals surface area contributed by atoms with Crippen LogP contribution in [0, 0.1) is 0 Å². The van der Waals surface area contributed by atoms with Crippen molar-refractivity contribution in [3.8, 4) is 0 Å². The number of carbonyl (C=O) groups is 3. The topological polar surface area (TPSA) is 78.9 Å². The molecule has 0 fully saturated rings. The lowest BCUT2D eigenvalue weighted by Gasteiger charge is -2.18. The van der Waals surface area contributed by atoms with E-state index in [-0.39, 0.29) is 31.1 Å². The van der Waals surface area contributed by atoms with Crippen LogP contribution >= 0.6 is 0 Å². The first-order valence-electron chi connectivity index (χ1n) is 33.3. The second kappa shape index (κ2) is 63.4. The van der Waals surface area contributed by atoms with Crippen molar-refractivity contribution < 1.29 is 28.6 Å². The minimum atomic E-state index is -0.769. The summed E-state index contributed by atoms with van der Waals surface area (Å²) in [6, 6.07) is 0. The van der Waals surface area contributed by atoms with Crippen molar-refractivity contribution in [3.63, 3.8) is 0 Å². The first kappa shape index (κ1) is 71.9. The van der Waals surface area contributed by atoms with Gasteiger partial charge in [-0.15, -0.1) is 0 Å². The summed E-state index contributed by atoms with van der Waals surface area (Å²) < 4.78 is 16.8. The average Bonchev–Trinajstić information content (AvgIpc) is 3.40. The third kappa shape index (κ3) is 60.8. The summed E-state index contributed by atoms with van der Waals surface area (Å²) >= 11 is 0. The quantitative estimate of drug-likeness (QED) is 0.0261. The Balaban J connectivity index is 3.85. The zero-order valence-corrected chi connectivity index (χ0v) is 50.1. The molecule has 0 aliphatic heterocycles. The van der Waals surface area contributed by atoms with Crippen molar-refractivity contribution in [1.82, 2.24) is 0 Å². The van der Waals surface area contributed by atoms with Gasteiger partial charge in [0.05, 0.1) is 0 Å². The van der Waals surface area contributed by atoms with Crippen LogP contribution in [0.5, 0.6) is 0 Å². The number of carbonyl (C=O) groups excluding carboxylic acids is 3. The number of ether oxygens (including phenoxy) is 3. The lowest BCUT2D eigenvalue weighted by molar-refractivity contribution is -0.167. The number of allylic oxidation sites excluding steroid dienone is 4. The highest BCUT2D eigenvalue weighted by molar-refractivity contribution is 5.71. The van der Waals surface area contributed by atoms with E-state index in [9.17, 15) is 14.4 Å². The molecule has 0 saturated heterocycles. The molecule has 6 heteroatoms. The van der Waals surface area contributed by atoms with Gasteiger partial charge in [-0.3, -0.25) is 14.4 Å². The summed E-state index contributed by atoms with van der Waals surface area (Å²) in [6.07, 6.45) is 77.0. The molecule has 0 bridgehead atoms. The number of esters is 3. The van der Waals surface area contributed by atoms with Crippen molar-refractivity contribution in [2.45, 2.75) is 380 Å². The normalized spacial score (nSPS) is 12.1. The molecular formula is C68H128O6. The van der Waals surface area contributed by atoms with Crippen LogP contribution in [-0.4, -0.2) is 37.2 Å². The van der Waals surface area contributed by atoms with E-state index in [2.05, 4.69) is 45.1 Å². The van der Waals surface area contributed by atoms with Crippen LogP contribution in [0.3, 0.4) is 0 Å². The standard InChI is InChI=1S/C68H128O6/c1-4-7-10-13-15-17-19-21-23-25-26-27-28-29-30-31-32-33-34-35-36-37-38-39-40-41-43-44-46-48-50-52-55-58-61-67(70)73-64-65(63-72-66(69)60-57-54-12-9-6-3)74-68(71)62-59-56-53-51-49-47-45-42-24-22-20-18-16-14-11-8-5-2/h16,18,22,24,65H,4-15,17,19-21,23,25-64H2,1-3H3/b18-16-,24-22-. The van der Waals surface area contributed by atoms with Crippen LogP contribution in [0.15, 0.2) is 24.3 Å². The summed E-state index contributed by atoms with van der Waals surface area (Å²) in [6.45, 7) is 6.58. The third-order valence-electron chi connectivity index (χ3n) is 15.2. The average molecular weight is 1040 g/mol. The van der Waals surface area contributed by atoms with Gasteiger partial charge in [0.2, 0.25) is 0 Å². The highest BCUT2D eigenvalue weighted by atomic mass is 16.6. The second-order valence-corrected chi connectivity index (χ2v) is 22.7. The minimum absolute atomic E-state index is 0.0705. The van der Waals surface area contributed by atoms with Crippen LogP contribution < -0.4 is 0 Å². The van der Waals surface area contributed by atoms with Crippen LogP contribution in [0.1, 0.15) is 374 Å². The molecular weight excluding hydrogens is 913 g/mol. The Hall–Kier alpha value is -2.11. The first-order valence-corrected chi connectivity index (χ1v) is 33.3. The number of unbranched alkanes of at least 4 members (excludes halogenated alkanes) is 47. The van der Waals surface area contributed by atoms with Gasteiger partial charge in [0, 0.05) is 19.3 Å². The molecule has 0 aromatic carbocycles. The Labute approximate surface area is 462 Å². The van der Waals surface area contributed by atoms with Gasteiger partial charge in [0.25, 0.3) is 0 Å². The monoisotopic (exact) mass is 1040 g/mol. The van der Waals surface area contributed by atoms with Crippen LogP contribution in [-0.2, 0) is 28.6 Å². The van der Waals surface area contributed by atoms with Crippen molar-refractivity contribution in [3.05, 3.63) is 24.3 Å². The molecule has 0 saturated carbocycles. The molecule has 0 aromatic heterocycles. The van der Waals surface area contributed by atoms with E-state index < -0.39 is 6.10 Å². The zero-order chi connectivity index (χ0) is 53.6.